The molecule has 7 aromatic rings. The van der Waals surface area contributed by atoms with E-state index in [0.29, 0.717) is 5.41 Å². The molecule has 7 rings (SSSR count). The summed E-state index contributed by atoms with van der Waals surface area (Å²) < 4.78 is 11.1. The molecule has 0 amide bonds. The Kier molecular flexibility index (Phi) is 10.0. The molecule has 4 aromatic carbocycles. The van der Waals surface area contributed by atoms with Crippen LogP contribution in [0.25, 0.3) is 44.4 Å². The minimum Gasteiger partial charge on any atom is -0.457 e. The highest BCUT2D eigenvalue weighted by Gasteiger charge is 2.21. The monoisotopic (exact) mass is 702 g/mol. The maximum atomic E-state index is 6.68. The summed E-state index contributed by atoms with van der Waals surface area (Å²) in [5, 5.41) is 7.57. The summed E-state index contributed by atoms with van der Waals surface area (Å²) in [5.41, 5.74) is 11.0. The van der Waals surface area contributed by atoms with Gasteiger partial charge in [-0.05, 0) is 108 Å². The number of fused-ring (bicyclic) bond motifs is 3. The van der Waals surface area contributed by atoms with E-state index in [0.717, 1.165) is 59.0 Å². The van der Waals surface area contributed by atoms with Crippen LogP contribution in [0.1, 0.15) is 97.2 Å². The van der Waals surface area contributed by atoms with Crippen molar-refractivity contribution in [3.63, 3.8) is 0 Å². The quantitative estimate of drug-likeness (QED) is 0.126. The van der Waals surface area contributed by atoms with Crippen molar-refractivity contribution in [2.24, 2.45) is 5.41 Å². The number of rotatable bonds is 11. The zero-order valence-corrected chi connectivity index (χ0v) is 32.8. The van der Waals surface area contributed by atoms with Crippen LogP contribution < -0.4 is 4.74 Å². The second-order valence-corrected chi connectivity index (χ2v) is 16.6. The Morgan fingerprint density at radius 2 is 1.47 bits per heavy atom. The van der Waals surface area contributed by atoms with Gasteiger partial charge < -0.3 is 4.74 Å². The summed E-state index contributed by atoms with van der Waals surface area (Å²) in [6, 6.07) is 36.7. The van der Waals surface area contributed by atoms with E-state index in [1.54, 1.807) is 0 Å². The molecule has 0 atom stereocenters. The molecular formula is C48H54N4O. The second kappa shape index (κ2) is 14.7. The summed E-state index contributed by atoms with van der Waals surface area (Å²) >= 11 is 0. The highest BCUT2D eigenvalue weighted by Crippen LogP contribution is 2.37. The lowest BCUT2D eigenvalue weighted by molar-refractivity contribution is 0.360. The number of hydrogen-bond acceptors (Lipinski definition) is 3. The normalized spacial score (nSPS) is 12.2. The van der Waals surface area contributed by atoms with Gasteiger partial charge in [0.1, 0.15) is 17.3 Å². The molecule has 0 unspecified atom stereocenters. The van der Waals surface area contributed by atoms with Gasteiger partial charge in [-0.1, -0.05) is 104 Å². The van der Waals surface area contributed by atoms with Crippen molar-refractivity contribution in [3.8, 4) is 34.1 Å². The number of pyridine rings is 1. The summed E-state index contributed by atoms with van der Waals surface area (Å²) in [6.45, 7) is 18.1. The van der Waals surface area contributed by atoms with Gasteiger partial charge >= 0.3 is 0 Å². The maximum absolute atomic E-state index is 6.68. The lowest BCUT2D eigenvalue weighted by Gasteiger charge is -2.20. The molecule has 0 fully saturated rings. The van der Waals surface area contributed by atoms with Gasteiger partial charge in [0.15, 0.2) is 0 Å². The van der Waals surface area contributed by atoms with Gasteiger partial charge in [-0.2, -0.15) is 5.10 Å². The van der Waals surface area contributed by atoms with E-state index in [2.05, 4.69) is 162 Å². The minimum absolute atomic E-state index is 0.00192. The molecule has 272 valence electrons. The molecule has 0 aliphatic rings. The Labute approximate surface area is 315 Å². The first-order valence-corrected chi connectivity index (χ1v) is 19.4. The van der Waals surface area contributed by atoms with Gasteiger partial charge in [0, 0.05) is 34.7 Å². The van der Waals surface area contributed by atoms with Crippen LogP contribution in [0, 0.1) is 5.41 Å². The first-order valence-electron chi connectivity index (χ1n) is 19.4. The van der Waals surface area contributed by atoms with E-state index in [1.807, 2.05) is 12.3 Å². The molecular weight excluding hydrogens is 649 g/mol. The molecule has 53 heavy (non-hydrogen) atoms. The van der Waals surface area contributed by atoms with Crippen molar-refractivity contribution < 1.29 is 4.74 Å². The van der Waals surface area contributed by atoms with Gasteiger partial charge in [-0.25, -0.2) is 9.67 Å². The lowest BCUT2D eigenvalue weighted by atomic mass is 9.88. The van der Waals surface area contributed by atoms with Crippen LogP contribution in [-0.4, -0.2) is 19.3 Å². The van der Waals surface area contributed by atoms with Gasteiger partial charge in [-0.3, -0.25) is 4.57 Å². The fraction of sp³-hybridized carbons (Fsp3) is 0.333. The SMILES string of the molecule is CCc1nn(-c2cccc(Oc3ccc4c5cc(CCCCC(C)(C)C)ccc5n(-c5cc(C(C)(C)C)ccn5)c4c3)c2)c(CC)c1-c1ccccc1. The van der Waals surface area contributed by atoms with Crippen molar-refractivity contribution in [2.75, 3.05) is 0 Å². The molecule has 0 aliphatic carbocycles. The number of unbranched alkanes of at least 4 members (excludes halogenated alkanes) is 1. The van der Waals surface area contributed by atoms with Gasteiger partial charge in [0.25, 0.3) is 0 Å². The molecule has 3 aromatic heterocycles. The van der Waals surface area contributed by atoms with E-state index in [-0.39, 0.29) is 5.41 Å². The van der Waals surface area contributed by atoms with Crippen LogP contribution in [0.5, 0.6) is 11.5 Å². The average molecular weight is 703 g/mol. The van der Waals surface area contributed by atoms with Crippen LogP contribution in [0.2, 0.25) is 0 Å². The van der Waals surface area contributed by atoms with Crippen molar-refractivity contribution >= 4 is 21.8 Å². The van der Waals surface area contributed by atoms with E-state index in [1.165, 1.54) is 58.0 Å². The van der Waals surface area contributed by atoms with Crippen LogP contribution in [0.4, 0.5) is 0 Å². The second-order valence-electron chi connectivity index (χ2n) is 16.6. The number of benzene rings is 4. The van der Waals surface area contributed by atoms with Gasteiger partial charge in [0.05, 0.1) is 28.1 Å². The molecule has 0 bridgehead atoms. The number of aryl methyl sites for hydroxylation is 2. The molecule has 3 heterocycles. The number of ether oxygens (including phenoxy) is 1. The number of hydrogen-bond donors (Lipinski definition) is 0. The Bertz CT molecular complexity index is 2370. The Hall–Kier alpha value is -5.16. The molecule has 5 nitrogen and oxygen atoms in total. The van der Waals surface area contributed by atoms with Crippen molar-refractivity contribution in [1.82, 2.24) is 19.3 Å². The third-order valence-electron chi connectivity index (χ3n) is 10.4. The summed E-state index contributed by atoms with van der Waals surface area (Å²) in [4.78, 5) is 4.93. The average Bonchev–Trinajstić information content (AvgIpc) is 3.68. The van der Waals surface area contributed by atoms with E-state index < -0.39 is 0 Å². The van der Waals surface area contributed by atoms with Crippen LogP contribution in [0.3, 0.4) is 0 Å². The van der Waals surface area contributed by atoms with E-state index >= 15 is 0 Å². The molecule has 0 aliphatic heterocycles. The molecule has 0 N–H and O–H groups in total. The van der Waals surface area contributed by atoms with Gasteiger partial charge in [0.2, 0.25) is 0 Å². The Balaban J connectivity index is 1.28. The fourth-order valence-electron chi connectivity index (χ4n) is 7.55. The van der Waals surface area contributed by atoms with Crippen LogP contribution >= 0.6 is 0 Å². The summed E-state index contributed by atoms with van der Waals surface area (Å²) in [6.07, 6.45) is 8.42. The largest absolute Gasteiger partial charge is 0.457 e. The zero-order chi connectivity index (χ0) is 37.3. The van der Waals surface area contributed by atoms with E-state index in [9.17, 15) is 0 Å². The molecule has 5 heteroatoms. The Morgan fingerprint density at radius 1 is 0.679 bits per heavy atom. The highest BCUT2D eigenvalue weighted by atomic mass is 16.5. The fourth-order valence-corrected chi connectivity index (χ4v) is 7.55. The van der Waals surface area contributed by atoms with E-state index in [4.69, 9.17) is 14.8 Å². The smallest absolute Gasteiger partial charge is 0.137 e. The third kappa shape index (κ3) is 7.67. The topological polar surface area (TPSA) is 44.9 Å². The van der Waals surface area contributed by atoms with Crippen molar-refractivity contribution in [3.05, 3.63) is 132 Å². The zero-order valence-electron chi connectivity index (χ0n) is 32.8. The molecule has 0 spiro atoms. The third-order valence-corrected chi connectivity index (χ3v) is 10.4. The molecule has 0 saturated heterocycles. The Morgan fingerprint density at radius 3 is 2.21 bits per heavy atom. The molecule has 0 radical (unpaired) electrons. The highest BCUT2D eigenvalue weighted by molar-refractivity contribution is 6.09. The summed E-state index contributed by atoms with van der Waals surface area (Å²) in [5.74, 6) is 2.47. The maximum Gasteiger partial charge on any atom is 0.137 e. The predicted molar refractivity (Wildman–Crippen MR) is 222 cm³/mol. The van der Waals surface area contributed by atoms with Gasteiger partial charge in [-0.15, -0.1) is 0 Å². The van der Waals surface area contributed by atoms with Crippen molar-refractivity contribution in [1.29, 1.82) is 0 Å². The predicted octanol–water partition coefficient (Wildman–Crippen LogP) is 13.0. The number of aromatic nitrogens is 4. The standard InChI is InChI=1S/C48H54N4O/c1-9-41-46(34-18-12-11-13-19-34)42(10-2)52(50-41)36-20-16-21-37(31-36)53-38-23-24-39-40-29-33(17-14-15-27-47(3,4)5)22-25-43(40)51(44(39)32-38)45-30-35(26-28-49-45)48(6,7)8/h11-13,16,18-26,28-32H,9-10,14-15,17,27H2,1-8H3. The summed E-state index contributed by atoms with van der Waals surface area (Å²) in [7, 11) is 0. The number of nitrogens with zero attached hydrogens (tertiary/aromatic N) is 4. The van der Waals surface area contributed by atoms with Crippen LogP contribution in [-0.2, 0) is 24.7 Å². The lowest BCUT2D eigenvalue weighted by Crippen LogP contribution is -2.12. The van der Waals surface area contributed by atoms with Crippen LogP contribution in [0.15, 0.2) is 109 Å². The minimum atomic E-state index is 0.00192. The molecule has 0 saturated carbocycles. The van der Waals surface area contributed by atoms with Crippen molar-refractivity contribution in [2.45, 2.75) is 99.3 Å². The first-order chi connectivity index (χ1) is 25.4. The first kappa shape index (κ1) is 36.2.